The molecule has 0 radical (unpaired) electrons. The van der Waals surface area contributed by atoms with E-state index in [1.807, 2.05) is 36.5 Å². The van der Waals surface area contributed by atoms with E-state index in [0.717, 1.165) is 17.8 Å². The van der Waals surface area contributed by atoms with Crippen molar-refractivity contribution in [3.63, 3.8) is 0 Å². The maximum Gasteiger partial charge on any atom is 0.337 e. The molecule has 0 spiro atoms. The van der Waals surface area contributed by atoms with Crippen molar-refractivity contribution in [2.45, 2.75) is 6.42 Å². The Hall–Kier alpha value is -2.62. The molecule has 0 fully saturated rings. The van der Waals surface area contributed by atoms with E-state index in [9.17, 15) is 4.79 Å². The topological polar surface area (TPSA) is 54.6 Å². The summed E-state index contributed by atoms with van der Waals surface area (Å²) in [4.78, 5) is 15.4. The van der Waals surface area contributed by atoms with Crippen molar-refractivity contribution < 1.29 is 9.90 Å². The molecule has 94 valence electrons. The van der Waals surface area contributed by atoms with E-state index in [2.05, 4.69) is 4.98 Å². The molecule has 0 amide bonds. The fraction of sp³-hybridized carbons (Fsp3) is 0.0667. The van der Waals surface area contributed by atoms with Gasteiger partial charge in [-0.15, -0.1) is 0 Å². The van der Waals surface area contributed by atoms with E-state index in [1.165, 1.54) is 5.56 Å². The largest absolute Gasteiger partial charge is 0.478 e. The number of aromatic carboxylic acids is 1. The molecule has 19 heavy (non-hydrogen) atoms. The van der Waals surface area contributed by atoms with Crippen LogP contribution in [0.2, 0.25) is 0 Å². The molecular formula is C15H12N2O2. The molecular weight excluding hydrogens is 240 g/mol. The van der Waals surface area contributed by atoms with Crippen molar-refractivity contribution in [2.75, 3.05) is 0 Å². The highest BCUT2D eigenvalue weighted by Crippen LogP contribution is 2.12. The molecule has 1 aromatic carbocycles. The van der Waals surface area contributed by atoms with E-state index in [0.29, 0.717) is 0 Å². The van der Waals surface area contributed by atoms with E-state index in [4.69, 9.17) is 5.11 Å². The van der Waals surface area contributed by atoms with Crippen LogP contribution in [0.4, 0.5) is 0 Å². The van der Waals surface area contributed by atoms with E-state index >= 15 is 0 Å². The first-order valence-electron chi connectivity index (χ1n) is 5.97. The van der Waals surface area contributed by atoms with Crippen LogP contribution in [0.15, 0.2) is 54.9 Å². The number of hydrogen-bond acceptors (Lipinski definition) is 2. The number of carbonyl (C=O) groups is 1. The van der Waals surface area contributed by atoms with Crippen LogP contribution < -0.4 is 0 Å². The highest BCUT2D eigenvalue weighted by molar-refractivity contribution is 5.87. The standard InChI is InChI=1S/C15H12N2O2/c18-15(19)12-6-7-14-16-13(10-17(14)9-12)8-11-4-2-1-3-5-11/h1-7,9-10H,8H2,(H,18,19). The van der Waals surface area contributed by atoms with Crippen LogP contribution in [0.1, 0.15) is 21.6 Å². The second-order valence-electron chi connectivity index (χ2n) is 4.38. The average Bonchev–Trinajstić information content (AvgIpc) is 2.80. The number of pyridine rings is 1. The number of carboxylic acid groups (broad SMARTS) is 1. The van der Waals surface area contributed by atoms with Gasteiger partial charge in [0.15, 0.2) is 0 Å². The van der Waals surface area contributed by atoms with E-state index in [-0.39, 0.29) is 5.56 Å². The van der Waals surface area contributed by atoms with Crippen molar-refractivity contribution in [3.05, 3.63) is 71.7 Å². The van der Waals surface area contributed by atoms with Gasteiger partial charge >= 0.3 is 5.97 Å². The molecule has 0 aliphatic carbocycles. The molecule has 4 nitrogen and oxygen atoms in total. The molecule has 0 saturated carbocycles. The monoisotopic (exact) mass is 252 g/mol. The molecule has 0 saturated heterocycles. The maximum absolute atomic E-state index is 10.9. The molecule has 0 aliphatic rings. The lowest BCUT2D eigenvalue weighted by Gasteiger charge is -1.95. The predicted octanol–water partition coefficient (Wildman–Crippen LogP) is 2.62. The lowest BCUT2D eigenvalue weighted by molar-refractivity contribution is 0.0696. The first-order valence-corrected chi connectivity index (χ1v) is 5.97. The summed E-state index contributed by atoms with van der Waals surface area (Å²) in [6, 6.07) is 13.3. The minimum absolute atomic E-state index is 0.260. The Kier molecular flexibility index (Phi) is 2.76. The lowest BCUT2D eigenvalue weighted by atomic mass is 10.1. The Morgan fingerprint density at radius 1 is 1.11 bits per heavy atom. The molecule has 3 aromatic rings. The number of rotatable bonds is 3. The zero-order chi connectivity index (χ0) is 13.2. The molecule has 0 bridgehead atoms. The number of fused-ring (bicyclic) bond motifs is 1. The fourth-order valence-corrected chi connectivity index (χ4v) is 2.06. The van der Waals surface area contributed by atoms with Gasteiger partial charge in [-0.2, -0.15) is 0 Å². The second-order valence-corrected chi connectivity index (χ2v) is 4.38. The van der Waals surface area contributed by atoms with E-state index < -0.39 is 5.97 Å². The summed E-state index contributed by atoms with van der Waals surface area (Å²) in [7, 11) is 0. The van der Waals surface area contributed by atoms with Crippen molar-refractivity contribution >= 4 is 11.6 Å². The van der Waals surface area contributed by atoms with Gasteiger partial charge in [-0.1, -0.05) is 30.3 Å². The summed E-state index contributed by atoms with van der Waals surface area (Å²) in [5.74, 6) is -0.930. The lowest BCUT2D eigenvalue weighted by Crippen LogP contribution is -1.97. The van der Waals surface area contributed by atoms with Gasteiger partial charge in [-0.25, -0.2) is 9.78 Å². The van der Waals surface area contributed by atoms with Gasteiger partial charge in [-0.05, 0) is 17.7 Å². The van der Waals surface area contributed by atoms with Gasteiger partial charge < -0.3 is 9.51 Å². The van der Waals surface area contributed by atoms with E-state index in [1.54, 1.807) is 22.7 Å². The highest BCUT2D eigenvalue weighted by Gasteiger charge is 2.06. The van der Waals surface area contributed by atoms with Crippen molar-refractivity contribution in [2.24, 2.45) is 0 Å². The summed E-state index contributed by atoms with van der Waals surface area (Å²) in [5, 5.41) is 8.95. The third-order valence-corrected chi connectivity index (χ3v) is 2.98. The summed E-state index contributed by atoms with van der Waals surface area (Å²) >= 11 is 0. The maximum atomic E-state index is 10.9. The van der Waals surface area contributed by atoms with Crippen LogP contribution in [-0.4, -0.2) is 20.5 Å². The molecule has 0 aliphatic heterocycles. The summed E-state index contributed by atoms with van der Waals surface area (Å²) < 4.78 is 1.75. The SMILES string of the molecule is O=C(O)c1ccc2nc(Cc3ccccc3)cn2c1. The number of hydrogen-bond donors (Lipinski definition) is 1. The van der Waals surface area contributed by atoms with Gasteiger partial charge in [0.05, 0.1) is 11.3 Å². The minimum atomic E-state index is -0.930. The normalized spacial score (nSPS) is 10.7. The zero-order valence-corrected chi connectivity index (χ0v) is 10.2. The quantitative estimate of drug-likeness (QED) is 0.779. The molecule has 4 heteroatoms. The van der Waals surface area contributed by atoms with Crippen molar-refractivity contribution in [3.8, 4) is 0 Å². The average molecular weight is 252 g/mol. The second kappa shape index (κ2) is 4.57. The summed E-state index contributed by atoms with van der Waals surface area (Å²) in [5.41, 5.74) is 3.13. The summed E-state index contributed by atoms with van der Waals surface area (Å²) in [6.07, 6.45) is 4.19. The Bertz CT molecular complexity index is 732. The van der Waals surface area contributed by atoms with Crippen molar-refractivity contribution in [1.29, 1.82) is 0 Å². The molecule has 2 heterocycles. The van der Waals surface area contributed by atoms with Crippen LogP contribution in [0.25, 0.3) is 5.65 Å². The molecule has 0 atom stereocenters. The Morgan fingerprint density at radius 3 is 2.63 bits per heavy atom. The van der Waals surface area contributed by atoms with Gasteiger partial charge in [0, 0.05) is 18.8 Å². The van der Waals surface area contributed by atoms with Gasteiger partial charge in [0.25, 0.3) is 0 Å². The number of nitrogens with zero attached hydrogens (tertiary/aromatic N) is 2. The van der Waals surface area contributed by atoms with Crippen LogP contribution >= 0.6 is 0 Å². The number of carboxylic acids is 1. The van der Waals surface area contributed by atoms with Gasteiger partial charge in [-0.3, -0.25) is 0 Å². The fourth-order valence-electron chi connectivity index (χ4n) is 2.06. The Balaban J connectivity index is 1.95. The smallest absolute Gasteiger partial charge is 0.337 e. The van der Waals surface area contributed by atoms with Gasteiger partial charge in [0.1, 0.15) is 5.65 Å². The van der Waals surface area contributed by atoms with Crippen molar-refractivity contribution in [1.82, 2.24) is 9.38 Å². The third-order valence-electron chi connectivity index (χ3n) is 2.98. The Labute approximate surface area is 110 Å². The highest BCUT2D eigenvalue weighted by atomic mass is 16.4. The predicted molar refractivity (Wildman–Crippen MR) is 71.4 cm³/mol. The first kappa shape index (κ1) is 11.5. The molecule has 3 rings (SSSR count). The van der Waals surface area contributed by atoms with Crippen LogP contribution in [-0.2, 0) is 6.42 Å². The zero-order valence-electron chi connectivity index (χ0n) is 10.2. The van der Waals surface area contributed by atoms with Crippen LogP contribution in [0, 0.1) is 0 Å². The van der Waals surface area contributed by atoms with Crippen LogP contribution in [0.3, 0.4) is 0 Å². The Morgan fingerprint density at radius 2 is 1.89 bits per heavy atom. The first-order chi connectivity index (χ1) is 9.22. The van der Waals surface area contributed by atoms with Crippen LogP contribution in [0.5, 0.6) is 0 Å². The summed E-state index contributed by atoms with van der Waals surface area (Å²) in [6.45, 7) is 0. The minimum Gasteiger partial charge on any atom is -0.478 e. The molecule has 2 aromatic heterocycles. The number of imidazole rings is 1. The number of aromatic nitrogens is 2. The third kappa shape index (κ3) is 2.33. The molecule has 1 N–H and O–H groups in total. The number of benzene rings is 1. The van der Waals surface area contributed by atoms with Gasteiger partial charge in [0.2, 0.25) is 0 Å². The molecule has 0 unspecified atom stereocenters.